The predicted molar refractivity (Wildman–Crippen MR) is 68.3 cm³/mol. The highest BCUT2D eigenvalue weighted by molar-refractivity contribution is 5.79. The van der Waals surface area contributed by atoms with Crippen LogP contribution in [-0.2, 0) is 9.53 Å². The van der Waals surface area contributed by atoms with Crippen molar-refractivity contribution in [1.29, 1.82) is 0 Å². The van der Waals surface area contributed by atoms with Gasteiger partial charge in [-0.2, -0.15) is 0 Å². The minimum Gasteiger partial charge on any atom is -0.453 e. The molecule has 0 saturated carbocycles. The Hall–Kier alpha value is -1.30. The summed E-state index contributed by atoms with van der Waals surface area (Å²) >= 11 is 0. The standard InChI is InChI=1S/C12H23N3O3/c1-14(2)8-6-13-11(16)10-5-4-7-15(9-10)12(17)18-3/h10H,4-9H2,1-3H3,(H,13,16). The number of likely N-dealkylation sites (N-methyl/N-ethyl adjacent to an activating group) is 1. The van der Waals surface area contributed by atoms with Crippen molar-refractivity contribution < 1.29 is 14.3 Å². The predicted octanol–water partition coefficient (Wildman–Crippen LogP) is 0.143. The molecule has 1 rings (SSSR count). The zero-order chi connectivity index (χ0) is 13.5. The van der Waals surface area contributed by atoms with Crippen LogP contribution in [0, 0.1) is 5.92 Å². The quantitative estimate of drug-likeness (QED) is 0.778. The molecule has 18 heavy (non-hydrogen) atoms. The highest BCUT2D eigenvalue weighted by Crippen LogP contribution is 2.17. The molecule has 104 valence electrons. The van der Waals surface area contributed by atoms with Crippen molar-refractivity contribution in [2.24, 2.45) is 5.92 Å². The van der Waals surface area contributed by atoms with Gasteiger partial charge in [-0.3, -0.25) is 4.79 Å². The van der Waals surface area contributed by atoms with Gasteiger partial charge in [0, 0.05) is 26.2 Å². The third kappa shape index (κ3) is 4.52. The Bertz CT molecular complexity index is 294. The van der Waals surface area contributed by atoms with Crippen molar-refractivity contribution in [3.05, 3.63) is 0 Å². The van der Waals surface area contributed by atoms with E-state index in [1.165, 1.54) is 7.11 Å². The summed E-state index contributed by atoms with van der Waals surface area (Å²) in [5.74, 6) is -0.0783. The molecule has 1 aliphatic rings. The molecule has 6 heteroatoms. The Balaban J connectivity index is 2.36. The molecule has 1 unspecified atom stereocenters. The van der Waals surface area contributed by atoms with Crippen LogP contribution in [0.2, 0.25) is 0 Å². The van der Waals surface area contributed by atoms with Crippen molar-refractivity contribution in [2.45, 2.75) is 12.8 Å². The molecule has 1 fully saturated rings. The Kier molecular flexibility index (Phi) is 5.91. The van der Waals surface area contributed by atoms with Crippen LogP contribution in [0.3, 0.4) is 0 Å². The smallest absolute Gasteiger partial charge is 0.409 e. The van der Waals surface area contributed by atoms with Crippen LogP contribution >= 0.6 is 0 Å². The number of carbonyl (C=O) groups is 2. The molecule has 0 radical (unpaired) electrons. The second-order valence-electron chi connectivity index (χ2n) is 4.85. The van der Waals surface area contributed by atoms with Gasteiger partial charge < -0.3 is 19.9 Å². The number of nitrogens with one attached hydrogen (secondary N) is 1. The molecule has 1 heterocycles. The van der Waals surface area contributed by atoms with E-state index in [4.69, 9.17) is 0 Å². The van der Waals surface area contributed by atoms with Crippen LogP contribution in [0.15, 0.2) is 0 Å². The third-order valence-electron chi connectivity index (χ3n) is 3.08. The third-order valence-corrected chi connectivity index (χ3v) is 3.08. The SMILES string of the molecule is COC(=O)N1CCCC(C(=O)NCCN(C)C)C1. The maximum absolute atomic E-state index is 11.9. The molecule has 0 aliphatic carbocycles. The van der Waals surface area contributed by atoms with E-state index in [0.29, 0.717) is 19.6 Å². The first-order valence-corrected chi connectivity index (χ1v) is 6.30. The molecule has 0 spiro atoms. The van der Waals surface area contributed by atoms with Crippen molar-refractivity contribution >= 4 is 12.0 Å². The highest BCUT2D eigenvalue weighted by atomic mass is 16.5. The van der Waals surface area contributed by atoms with E-state index >= 15 is 0 Å². The van der Waals surface area contributed by atoms with Crippen LogP contribution in [-0.4, -0.2) is 69.2 Å². The molecule has 6 nitrogen and oxygen atoms in total. The summed E-state index contributed by atoms with van der Waals surface area (Å²) in [6, 6.07) is 0. The van der Waals surface area contributed by atoms with Gasteiger partial charge in [-0.1, -0.05) is 0 Å². The number of amides is 2. The zero-order valence-corrected chi connectivity index (χ0v) is 11.4. The van der Waals surface area contributed by atoms with Gasteiger partial charge >= 0.3 is 6.09 Å². The van der Waals surface area contributed by atoms with Gasteiger partial charge in [0.25, 0.3) is 0 Å². The average Bonchev–Trinajstić information content (AvgIpc) is 2.37. The van der Waals surface area contributed by atoms with Gasteiger partial charge in [-0.05, 0) is 26.9 Å². The maximum Gasteiger partial charge on any atom is 0.409 e. The normalized spacial score (nSPS) is 19.8. The highest BCUT2D eigenvalue weighted by Gasteiger charge is 2.28. The van der Waals surface area contributed by atoms with Gasteiger partial charge in [0.2, 0.25) is 5.91 Å². The molecule has 1 atom stereocenters. The number of ether oxygens (including phenoxy) is 1. The minimum atomic E-state index is -0.346. The van der Waals surface area contributed by atoms with Crippen LogP contribution in [0.25, 0.3) is 0 Å². The minimum absolute atomic E-state index is 0.0328. The summed E-state index contributed by atoms with van der Waals surface area (Å²) in [6.45, 7) is 2.59. The second kappa shape index (κ2) is 7.20. The largest absolute Gasteiger partial charge is 0.453 e. The van der Waals surface area contributed by atoms with E-state index in [-0.39, 0.29) is 17.9 Å². The number of likely N-dealkylation sites (tertiary alicyclic amines) is 1. The monoisotopic (exact) mass is 257 g/mol. The molecule has 0 aromatic carbocycles. The number of hydrogen-bond acceptors (Lipinski definition) is 4. The fourth-order valence-electron chi connectivity index (χ4n) is 2.03. The molecule has 1 aliphatic heterocycles. The van der Waals surface area contributed by atoms with Gasteiger partial charge in [-0.15, -0.1) is 0 Å². The summed E-state index contributed by atoms with van der Waals surface area (Å²) in [5, 5.41) is 2.90. The van der Waals surface area contributed by atoms with Crippen molar-refractivity contribution in [3.8, 4) is 0 Å². The van der Waals surface area contributed by atoms with Gasteiger partial charge in [0.15, 0.2) is 0 Å². The van der Waals surface area contributed by atoms with E-state index in [9.17, 15) is 9.59 Å². The number of hydrogen-bond donors (Lipinski definition) is 1. The summed E-state index contributed by atoms with van der Waals surface area (Å²) in [5.41, 5.74) is 0. The molecule has 2 amide bonds. The molecule has 0 aromatic rings. The van der Waals surface area contributed by atoms with Crippen molar-refractivity contribution in [3.63, 3.8) is 0 Å². The van der Waals surface area contributed by atoms with E-state index in [1.807, 2.05) is 19.0 Å². The molecule has 1 N–H and O–H groups in total. The lowest BCUT2D eigenvalue weighted by atomic mass is 9.97. The molecule has 0 aromatic heterocycles. The van der Waals surface area contributed by atoms with E-state index < -0.39 is 0 Å². The van der Waals surface area contributed by atoms with E-state index in [2.05, 4.69) is 10.1 Å². The first kappa shape index (κ1) is 14.8. The summed E-state index contributed by atoms with van der Waals surface area (Å²) in [7, 11) is 5.29. The van der Waals surface area contributed by atoms with Crippen LogP contribution in [0.1, 0.15) is 12.8 Å². The van der Waals surface area contributed by atoms with Crippen LogP contribution in [0.4, 0.5) is 4.79 Å². The fraction of sp³-hybridized carbons (Fsp3) is 0.833. The fourth-order valence-corrected chi connectivity index (χ4v) is 2.03. The average molecular weight is 257 g/mol. The second-order valence-corrected chi connectivity index (χ2v) is 4.85. The molecule has 1 saturated heterocycles. The Morgan fingerprint density at radius 2 is 2.17 bits per heavy atom. The number of piperidine rings is 1. The first-order chi connectivity index (χ1) is 8.54. The van der Waals surface area contributed by atoms with Crippen LogP contribution in [0.5, 0.6) is 0 Å². The maximum atomic E-state index is 11.9. The Morgan fingerprint density at radius 1 is 1.44 bits per heavy atom. The van der Waals surface area contributed by atoms with Gasteiger partial charge in [0.1, 0.15) is 0 Å². The van der Waals surface area contributed by atoms with Crippen molar-refractivity contribution in [1.82, 2.24) is 15.1 Å². The van der Waals surface area contributed by atoms with E-state index in [0.717, 1.165) is 19.4 Å². The Morgan fingerprint density at radius 3 is 2.78 bits per heavy atom. The lowest BCUT2D eigenvalue weighted by Gasteiger charge is -2.30. The van der Waals surface area contributed by atoms with Crippen LogP contribution < -0.4 is 5.32 Å². The lowest BCUT2D eigenvalue weighted by Crippen LogP contribution is -2.46. The number of nitrogens with zero attached hydrogens (tertiary/aromatic N) is 2. The molecular weight excluding hydrogens is 234 g/mol. The van der Waals surface area contributed by atoms with Gasteiger partial charge in [0.05, 0.1) is 13.0 Å². The Labute approximate surface area is 108 Å². The topological polar surface area (TPSA) is 61.9 Å². The van der Waals surface area contributed by atoms with Gasteiger partial charge in [-0.25, -0.2) is 4.79 Å². The zero-order valence-electron chi connectivity index (χ0n) is 11.4. The summed E-state index contributed by atoms with van der Waals surface area (Å²) < 4.78 is 4.68. The summed E-state index contributed by atoms with van der Waals surface area (Å²) in [6.07, 6.45) is 1.34. The lowest BCUT2D eigenvalue weighted by molar-refractivity contribution is -0.126. The number of methoxy groups -OCH3 is 1. The number of carbonyl (C=O) groups excluding carboxylic acids is 2. The molecule has 0 bridgehead atoms. The number of rotatable bonds is 4. The van der Waals surface area contributed by atoms with Crippen molar-refractivity contribution in [2.75, 3.05) is 47.4 Å². The summed E-state index contributed by atoms with van der Waals surface area (Å²) in [4.78, 5) is 26.9. The molecular formula is C12H23N3O3. The van der Waals surface area contributed by atoms with E-state index in [1.54, 1.807) is 4.90 Å². The first-order valence-electron chi connectivity index (χ1n) is 6.30.